The predicted molar refractivity (Wildman–Crippen MR) is 87.7 cm³/mol. The van der Waals surface area contributed by atoms with Crippen molar-refractivity contribution in [2.75, 3.05) is 0 Å². The third kappa shape index (κ3) is 7.55. The fourth-order valence-corrected chi connectivity index (χ4v) is 1.92. The van der Waals surface area contributed by atoms with Gasteiger partial charge >= 0.3 is 17.1 Å². The quantitative estimate of drug-likeness (QED) is 0.582. The Labute approximate surface area is 159 Å². The average molecular weight is 390 g/mol. The van der Waals surface area contributed by atoms with Crippen molar-refractivity contribution in [3.8, 4) is 23.0 Å². The summed E-state index contributed by atoms with van der Waals surface area (Å²) in [6.07, 6.45) is 0. The van der Waals surface area contributed by atoms with Gasteiger partial charge in [-0.15, -0.1) is 0 Å². The molecule has 0 saturated heterocycles. The first-order valence-corrected chi connectivity index (χ1v) is 7.85. The van der Waals surface area contributed by atoms with E-state index in [4.69, 9.17) is 0 Å². The SMILES string of the molecule is CC(C)c1cccc([O-])[c+]([O-])c1.CC(C)c1cccc([O-])[c+]([O-])c1.[Cu+2]. The molecule has 0 spiro atoms. The summed E-state index contributed by atoms with van der Waals surface area (Å²) >= 11 is 0. The van der Waals surface area contributed by atoms with Gasteiger partial charge in [0.2, 0.25) is 0 Å². The molecule has 0 saturated carbocycles. The van der Waals surface area contributed by atoms with Crippen LogP contribution in [0.1, 0.15) is 50.7 Å². The van der Waals surface area contributed by atoms with E-state index in [1.807, 2.05) is 27.7 Å². The summed E-state index contributed by atoms with van der Waals surface area (Å²) in [5, 5.41) is 43.8. The molecule has 0 bridgehead atoms. The third-order valence-corrected chi connectivity index (χ3v) is 3.49. The predicted octanol–water partition coefficient (Wildman–Crippen LogP) is 2.47. The zero-order valence-corrected chi connectivity index (χ0v) is 15.6. The Morgan fingerprint density at radius 3 is 1.28 bits per heavy atom. The van der Waals surface area contributed by atoms with Crippen molar-refractivity contribution in [2.45, 2.75) is 39.5 Å². The van der Waals surface area contributed by atoms with Crippen LogP contribution in [-0.4, -0.2) is 0 Å². The summed E-state index contributed by atoms with van der Waals surface area (Å²) in [5.41, 5.74) is 1.81. The molecule has 4 nitrogen and oxygen atoms in total. The van der Waals surface area contributed by atoms with Crippen molar-refractivity contribution >= 4 is 0 Å². The van der Waals surface area contributed by atoms with E-state index in [1.54, 1.807) is 24.3 Å². The Morgan fingerprint density at radius 2 is 1.00 bits per heavy atom. The van der Waals surface area contributed by atoms with E-state index >= 15 is 0 Å². The molecule has 1 radical (unpaired) electrons. The Morgan fingerprint density at radius 1 is 0.680 bits per heavy atom. The molecule has 0 aliphatic rings. The summed E-state index contributed by atoms with van der Waals surface area (Å²) in [7, 11) is 0. The van der Waals surface area contributed by atoms with Crippen LogP contribution in [-0.2, 0) is 17.1 Å². The molecule has 2 aromatic rings. The zero-order valence-electron chi connectivity index (χ0n) is 14.7. The van der Waals surface area contributed by atoms with Gasteiger partial charge in [-0.25, -0.2) is 0 Å². The van der Waals surface area contributed by atoms with Crippen molar-refractivity contribution in [3.05, 3.63) is 59.7 Å². The van der Waals surface area contributed by atoms with E-state index in [-0.39, 0.29) is 28.9 Å². The maximum atomic E-state index is 11.0. The first kappa shape index (κ1) is 22.9. The molecule has 0 fully saturated rings. The van der Waals surface area contributed by atoms with Crippen LogP contribution in [0.2, 0.25) is 0 Å². The molecule has 25 heavy (non-hydrogen) atoms. The molecule has 5 heteroatoms. The van der Waals surface area contributed by atoms with E-state index in [0.717, 1.165) is 11.1 Å². The van der Waals surface area contributed by atoms with Gasteiger partial charge in [0.25, 0.3) is 0 Å². The summed E-state index contributed by atoms with van der Waals surface area (Å²) in [6, 6.07) is 12.3. The van der Waals surface area contributed by atoms with Gasteiger partial charge in [-0.2, -0.15) is 0 Å². The fraction of sp³-hybridized carbons (Fsp3) is 0.300. The van der Waals surface area contributed by atoms with Crippen LogP contribution in [0.4, 0.5) is 0 Å². The fourth-order valence-electron chi connectivity index (χ4n) is 1.92. The molecule has 0 amide bonds. The van der Waals surface area contributed by atoms with E-state index in [1.165, 1.54) is 24.3 Å². The standard InChI is InChI=1S/2C10H12O2.Cu/c2*1-7(2)8-4-3-5-9(11)10(12)6-8;/h2*3-7,11H,1-2H3;/q;;+2/p-2. The van der Waals surface area contributed by atoms with Gasteiger partial charge in [-0.05, 0) is 27.7 Å². The topological polar surface area (TPSA) is 92.2 Å². The van der Waals surface area contributed by atoms with E-state index in [0.29, 0.717) is 0 Å². The van der Waals surface area contributed by atoms with E-state index < -0.39 is 23.0 Å². The second kappa shape index (κ2) is 10.7. The molecule has 0 aliphatic carbocycles. The normalized spacial score (nSPS) is 9.84. The van der Waals surface area contributed by atoms with Crippen molar-refractivity contribution < 1.29 is 37.5 Å². The second-order valence-electron chi connectivity index (χ2n) is 6.11. The van der Waals surface area contributed by atoms with Gasteiger partial charge in [0, 0.05) is 94.5 Å². The molecular formula is C20H22CuO4. The van der Waals surface area contributed by atoms with Gasteiger partial charge in [0.15, 0.2) is 0 Å². The molecular weight excluding hydrogens is 368 g/mol. The summed E-state index contributed by atoms with van der Waals surface area (Å²) in [6.45, 7) is 7.94. The van der Waals surface area contributed by atoms with Crippen LogP contribution >= 0.6 is 0 Å². The van der Waals surface area contributed by atoms with Crippen LogP contribution in [0, 0.1) is 0 Å². The first-order chi connectivity index (χ1) is 11.2. The first-order valence-electron chi connectivity index (χ1n) is 7.85. The van der Waals surface area contributed by atoms with Crippen LogP contribution in [0.15, 0.2) is 48.5 Å². The van der Waals surface area contributed by atoms with Crippen molar-refractivity contribution in [1.82, 2.24) is 0 Å². The maximum absolute atomic E-state index is 11.0. The van der Waals surface area contributed by atoms with E-state index in [9.17, 15) is 20.4 Å². The smallest absolute Gasteiger partial charge is 0.852 e. The third-order valence-electron chi connectivity index (χ3n) is 3.49. The molecule has 0 heterocycles. The Balaban J connectivity index is 0.000000443. The second-order valence-corrected chi connectivity index (χ2v) is 6.11. The molecule has 2 rings (SSSR count). The number of hydrogen-bond donors (Lipinski definition) is 0. The molecule has 2 aromatic carbocycles. The summed E-state index contributed by atoms with van der Waals surface area (Å²) in [5.74, 6) is -1.18. The van der Waals surface area contributed by atoms with Gasteiger partial charge in [-0.1, -0.05) is 0 Å². The summed E-state index contributed by atoms with van der Waals surface area (Å²) in [4.78, 5) is 0. The minimum Gasteiger partial charge on any atom is -0.852 e. The van der Waals surface area contributed by atoms with Gasteiger partial charge in [0.05, 0.1) is 0 Å². The molecule has 0 atom stereocenters. The minimum absolute atomic E-state index is 0. The van der Waals surface area contributed by atoms with Crippen molar-refractivity contribution in [2.24, 2.45) is 0 Å². The van der Waals surface area contributed by atoms with E-state index in [2.05, 4.69) is 0 Å². The maximum Gasteiger partial charge on any atom is 2.00 e. The van der Waals surface area contributed by atoms with Crippen LogP contribution in [0.25, 0.3) is 0 Å². The monoisotopic (exact) mass is 389 g/mol. The van der Waals surface area contributed by atoms with Crippen LogP contribution in [0.3, 0.4) is 0 Å². The molecule has 0 unspecified atom stereocenters. The van der Waals surface area contributed by atoms with Crippen molar-refractivity contribution in [1.29, 1.82) is 0 Å². The molecule has 0 N–H and O–H groups in total. The Hall–Kier alpha value is -2.10. The molecule has 137 valence electrons. The minimum atomic E-state index is -0.443. The Bertz CT molecular complexity index is 637. The zero-order chi connectivity index (χ0) is 18.3. The van der Waals surface area contributed by atoms with Gasteiger partial charge < -0.3 is 20.4 Å². The number of rotatable bonds is 2. The average Bonchev–Trinajstić information content (AvgIpc) is 2.78. The molecule has 0 aromatic heterocycles. The van der Waals surface area contributed by atoms with Gasteiger partial charge in [-0.3, -0.25) is 0 Å². The van der Waals surface area contributed by atoms with Crippen LogP contribution < -0.4 is 20.4 Å². The van der Waals surface area contributed by atoms with Crippen molar-refractivity contribution in [3.63, 3.8) is 0 Å². The molecule has 0 aliphatic heterocycles. The Kier molecular flexibility index (Phi) is 9.80. The van der Waals surface area contributed by atoms with Gasteiger partial charge in [0.1, 0.15) is 0 Å². The number of hydrogen-bond acceptors (Lipinski definition) is 4. The largest absolute Gasteiger partial charge is 2.00 e. The summed E-state index contributed by atoms with van der Waals surface area (Å²) < 4.78 is 0. The van der Waals surface area contributed by atoms with Crippen LogP contribution in [0.5, 0.6) is 23.0 Å².